The summed E-state index contributed by atoms with van der Waals surface area (Å²) in [5.41, 5.74) is 0. The van der Waals surface area contributed by atoms with E-state index in [1.807, 2.05) is 14.0 Å². The fourth-order valence-electron chi connectivity index (χ4n) is 1.94. The number of nitrogens with one attached hydrogen (secondary N) is 2. The molecule has 0 bridgehead atoms. The Morgan fingerprint density at radius 1 is 1.45 bits per heavy atom. The van der Waals surface area contributed by atoms with Gasteiger partial charge >= 0.3 is 0 Å². The summed E-state index contributed by atoms with van der Waals surface area (Å²) in [6.45, 7) is 4.23. The smallest absolute Gasteiger partial charge is 0.242 e. The van der Waals surface area contributed by atoms with Crippen molar-refractivity contribution in [2.75, 3.05) is 7.05 Å². The van der Waals surface area contributed by atoms with E-state index in [9.17, 15) is 8.42 Å². The minimum absolute atomic E-state index is 0.339. The standard InChI is InChI=1S/C13H18N2O3S2/c1-9(12-5-4-6-18-12)15-20(16,17)13-7-11(8-14-3)19-10(13)2/h4-7,9,14-15H,8H2,1-3H3. The maximum Gasteiger partial charge on any atom is 0.242 e. The minimum atomic E-state index is -3.54. The summed E-state index contributed by atoms with van der Waals surface area (Å²) in [5, 5.41) is 3.02. The van der Waals surface area contributed by atoms with Crippen LogP contribution in [0.1, 0.15) is 28.5 Å². The van der Waals surface area contributed by atoms with Crippen molar-refractivity contribution in [3.63, 3.8) is 0 Å². The molecule has 0 aromatic carbocycles. The lowest BCUT2D eigenvalue weighted by Gasteiger charge is -2.11. The highest BCUT2D eigenvalue weighted by Crippen LogP contribution is 2.27. The van der Waals surface area contributed by atoms with Gasteiger partial charge in [-0.25, -0.2) is 13.1 Å². The monoisotopic (exact) mass is 314 g/mol. The number of hydrogen-bond acceptors (Lipinski definition) is 5. The van der Waals surface area contributed by atoms with Crippen LogP contribution < -0.4 is 10.0 Å². The molecule has 7 heteroatoms. The molecule has 0 aliphatic rings. The van der Waals surface area contributed by atoms with Crippen molar-refractivity contribution in [3.05, 3.63) is 40.0 Å². The normalized spacial score (nSPS) is 13.6. The second-order valence-electron chi connectivity index (χ2n) is 4.52. The van der Waals surface area contributed by atoms with E-state index in [1.165, 1.54) is 17.6 Å². The number of aryl methyl sites for hydroxylation is 1. The Hall–Kier alpha value is -1.15. The third-order valence-electron chi connectivity index (χ3n) is 2.87. The van der Waals surface area contributed by atoms with E-state index in [1.54, 1.807) is 25.1 Å². The topological polar surface area (TPSA) is 71.3 Å². The van der Waals surface area contributed by atoms with Crippen molar-refractivity contribution >= 4 is 21.4 Å². The Labute approximate surface area is 123 Å². The first kappa shape index (κ1) is 15.2. The molecule has 5 nitrogen and oxygen atoms in total. The van der Waals surface area contributed by atoms with Gasteiger partial charge in [-0.3, -0.25) is 0 Å². The van der Waals surface area contributed by atoms with Gasteiger partial charge in [0, 0.05) is 16.3 Å². The Morgan fingerprint density at radius 3 is 2.80 bits per heavy atom. The molecule has 0 radical (unpaired) electrons. The molecular formula is C13H18N2O3S2. The first-order valence-corrected chi connectivity index (χ1v) is 8.53. The van der Waals surface area contributed by atoms with Gasteiger partial charge in [-0.1, -0.05) is 0 Å². The van der Waals surface area contributed by atoms with E-state index in [0.29, 0.717) is 17.2 Å². The summed E-state index contributed by atoms with van der Waals surface area (Å²) in [6, 6.07) is 4.80. The van der Waals surface area contributed by atoms with Gasteiger partial charge in [0.25, 0.3) is 0 Å². The maximum atomic E-state index is 12.4. The van der Waals surface area contributed by atoms with Gasteiger partial charge in [0.2, 0.25) is 10.0 Å². The second-order valence-corrected chi connectivity index (χ2v) is 7.55. The summed E-state index contributed by atoms with van der Waals surface area (Å²) >= 11 is 1.49. The Morgan fingerprint density at radius 2 is 2.20 bits per heavy atom. The van der Waals surface area contributed by atoms with Crippen LogP contribution in [0.4, 0.5) is 0 Å². The van der Waals surface area contributed by atoms with Crippen molar-refractivity contribution in [2.24, 2.45) is 0 Å². The lowest BCUT2D eigenvalue weighted by molar-refractivity contribution is 0.459. The van der Waals surface area contributed by atoms with Crippen molar-refractivity contribution in [2.45, 2.75) is 31.3 Å². The van der Waals surface area contributed by atoms with E-state index in [-0.39, 0.29) is 0 Å². The summed E-state index contributed by atoms with van der Waals surface area (Å²) in [7, 11) is -1.71. The van der Waals surface area contributed by atoms with Crippen LogP contribution in [0.25, 0.3) is 0 Å². The number of furan rings is 1. The fraction of sp³-hybridized carbons (Fsp3) is 0.385. The van der Waals surface area contributed by atoms with Gasteiger partial charge in [-0.05, 0) is 39.1 Å². The molecule has 0 aliphatic heterocycles. The average Bonchev–Trinajstić information content (AvgIpc) is 2.98. The van der Waals surface area contributed by atoms with Gasteiger partial charge in [-0.2, -0.15) is 0 Å². The van der Waals surface area contributed by atoms with E-state index < -0.39 is 16.1 Å². The second kappa shape index (κ2) is 6.09. The molecule has 2 aromatic rings. The maximum absolute atomic E-state index is 12.4. The van der Waals surface area contributed by atoms with Crippen molar-refractivity contribution in [3.8, 4) is 0 Å². The molecule has 2 rings (SSSR count). The zero-order chi connectivity index (χ0) is 14.8. The third kappa shape index (κ3) is 3.29. The van der Waals surface area contributed by atoms with Crippen LogP contribution >= 0.6 is 11.3 Å². The Balaban J connectivity index is 2.22. The molecule has 0 saturated heterocycles. The zero-order valence-electron chi connectivity index (χ0n) is 11.6. The number of thiophene rings is 1. The van der Waals surface area contributed by atoms with Gasteiger partial charge in [0.15, 0.2) is 0 Å². The van der Waals surface area contributed by atoms with Crippen LogP contribution in [0, 0.1) is 6.92 Å². The molecule has 1 unspecified atom stereocenters. The zero-order valence-corrected chi connectivity index (χ0v) is 13.3. The Kier molecular flexibility index (Phi) is 4.64. The summed E-state index contributed by atoms with van der Waals surface area (Å²) in [4.78, 5) is 2.12. The third-order valence-corrected chi connectivity index (χ3v) is 5.71. The quantitative estimate of drug-likeness (QED) is 0.859. The average molecular weight is 314 g/mol. The molecule has 0 aliphatic carbocycles. The number of hydrogen-bond donors (Lipinski definition) is 2. The van der Waals surface area contributed by atoms with E-state index in [2.05, 4.69) is 10.0 Å². The van der Waals surface area contributed by atoms with Crippen LogP contribution in [0.2, 0.25) is 0 Å². The highest BCUT2D eigenvalue weighted by Gasteiger charge is 2.23. The molecular weight excluding hydrogens is 296 g/mol. The Bertz CT molecular complexity index is 660. The lowest BCUT2D eigenvalue weighted by Crippen LogP contribution is -2.26. The summed E-state index contributed by atoms with van der Waals surface area (Å²) < 4.78 is 32.7. The molecule has 2 heterocycles. The van der Waals surface area contributed by atoms with Crippen LogP contribution in [0.3, 0.4) is 0 Å². The van der Waals surface area contributed by atoms with Gasteiger partial charge in [-0.15, -0.1) is 11.3 Å². The first-order chi connectivity index (χ1) is 9.44. The molecule has 0 fully saturated rings. The van der Waals surface area contributed by atoms with Crippen LogP contribution in [0.5, 0.6) is 0 Å². The lowest BCUT2D eigenvalue weighted by atomic mass is 10.3. The SMILES string of the molecule is CNCc1cc(S(=O)(=O)NC(C)c2ccco2)c(C)s1. The minimum Gasteiger partial charge on any atom is -0.468 e. The fourth-order valence-corrected chi connectivity index (χ4v) is 4.80. The number of sulfonamides is 1. The van der Waals surface area contributed by atoms with Crippen molar-refractivity contribution < 1.29 is 12.8 Å². The molecule has 0 spiro atoms. The predicted octanol–water partition coefficient (Wildman–Crippen LogP) is 2.41. The predicted molar refractivity (Wildman–Crippen MR) is 79.3 cm³/mol. The molecule has 110 valence electrons. The highest BCUT2D eigenvalue weighted by molar-refractivity contribution is 7.89. The summed E-state index contributed by atoms with van der Waals surface area (Å²) in [6.07, 6.45) is 1.53. The molecule has 0 amide bonds. The van der Waals surface area contributed by atoms with Crippen molar-refractivity contribution in [1.82, 2.24) is 10.0 Å². The molecule has 2 N–H and O–H groups in total. The molecule has 1 atom stereocenters. The van der Waals surface area contributed by atoms with Gasteiger partial charge in [0.05, 0.1) is 17.2 Å². The molecule has 0 saturated carbocycles. The van der Waals surface area contributed by atoms with Crippen LogP contribution in [0.15, 0.2) is 33.8 Å². The van der Waals surface area contributed by atoms with E-state index >= 15 is 0 Å². The van der Waals surface area contributed by atoms with E-state index in [0.717, 1.165) is 9.75 Å². The largest absolute Gasteiger partial charge is 0.468 e. The highest BCUT2D eigenvalue weighted by atomic mass is 32.2. The van der Waals surface area contributed by atoms with E-state index in [4.69, 9.17) is 4.42 Å². The number of rotatable bonds is 6. The van der Waals surface area contributed by atoms with Crippen LogP contribution in [-0.4, -0.2) is 15.5 Å². The van der Waals surface area contributed by atoms with Gasteiger partial charge < -0.3 is 9.73 Å². The van der Waals surface area contributed by atoms with Crippen LogP contribution in [-0.2, 0) is 16.6 Å². The molecule has 20 heavy (non-hydrogen) atoms. The summed E-state index contributed by atoms with van der Waals surface area (Å²) in [5.74, 6) is 0.594. The van der Waals surface area contributed by atoms with Crippen molar-refractivity contribution in [1.29, 1.82) is 0 Å². The molecule has 2 aromatic heterocycles. The van der Waals surface area contributed by atoms with Gasteiger partial charge in [0.1, 0.15) is 5.76 Å². The first-order valence-electron chi connectivity index (χ1n) is 6.23.